The molecule has 3 heterocycles. The Labute approximate surface area is 163 Å². The van der Waals surface area contributed by atoms with Crippen LogP contribution in [-0.4, -0.2) is 24.4 Å². The number of rotatable bonds is 4. The van der Waals surface area contributed by atoms with Crippen LogP contribution in [0.15, 0.2) is 35.4 Å². The van der Waals surface area contributed by atoms with Crippen molar-refractivity contribution in [3.8, 4) is 0 Å². The van der Waals surface area contributed by atoms with Gasteiger partial charge >= 0.3 is 6.18 Å². The molecule has 0 aliphatic heterocycles. The predicted octanol–water partition coefficient (Wildman–Crippen LogP) is 3.13. The van der Waals surface area contributed by atoms with E-state index in [0.717, 1.165) is 37.9 Å². The Morgan fingerprint density at radius 3 is 2.41 bits per heavy atom. The normalized spacial score (nSPS) is 19.5. The molecule has 1 atom stereocenters. The molecule has 3 aromatic rings. The maximum absolute atomic E-state index is 12.9. The van der Waals surface area contributed by atoms with Crippen molar-refractivity contribution in [1.29, 1.82) is 0 Å². The molecule has 0 radical (unpaired) electrons. The standard InChI is InChI=1S/C20H19F3N4O2/c1-26-17(14-8-9-27(13-5-6-13)18(28)16(14)25-26)19(29,11-2-3-11)12-4-7-15(24-10-12)20(21,22)23/h4,7-11,13,29H,2-3,5-6H2,1H3/t19-/m0/s1. The van der Waals surface area contributed by atoms with Gasteiger partial charge < -0.3 is 9.67 Å². The second kappa shape index (κ2) is 5.91. The second-order valence-electron chi connectivity index (χ2n) is 7.96. The van der Waals surface area contributed by atoms with E-state index >= 15 is 0 Å². The maximum Gasteiger partial charge on any atom is 0.433 e. The highest BCUT2D eigenvalue weighted by atomic mass is 19.4. The van der Waals surface area contributed by atoms with Crippen molar-refractivity contribution in [3.05, 3.63) is 57.9 Å². The second-order valence-corrected chi connectivity index (χ2v) is 7.96. The Morgan fingerprint density at radius 1 is 1.14 bits per heavy atom. The highest BCUT2D eigenvalue weighted by Crippen LogP contribution is 2.51. The minimum absolute atomic E-state index is 0.175. The number of pyridine rings is 2. The van der Waals surface area contributed by atoms with Gasteiger partial charge in [0.15, 0.2) is 5.52 Å². The molecular weight excluding hydrogens is 385 g/mol. The van der Waals surface area contributed by atoms with Gasteiger partial charge in [0.05, 0.1) is 5.69 Å². The average Bonchev–Trinajstić information content (AvgIpc) is 3.57. The zero-order chi connectivity index (χ0) is 20.6. The lowest BCUT2D eigenvalue weighted by molar-refractivity contribution is -0.141. The number of aliphatic hydroxyl groups is 1. The van der Waals surface area contributed by atoms with Crippen LogP contribution in [-0.2, 0) is 18.8 Å². The van der Waals surface area contributed by atoms with Gasteiger partial charge in [-0.3, -0.25) is 14.5 Å². The Bertz CT molecular complexity index is 1160. The predicted molar refractivity (Wildman–Crippen MR) is 98.2 cm³/mol. The van der Waals surface area contributed by atoms with Crippen molar-refractivity contribution in [3.63, 3.8) is 0 Å². The number of aromatic nitrogens is 4. The zero-order valence-electron chi connectivity index (χ0n) is 15.6. The molecule has 0 spiro atoms. The van der Waals surface area contributed by atoms with Gasteiger partial charge in [-0.15, -0.1) is 0 Å². The quantitative estimate of drug-likeness (QED) is 0.725. The molecule has 2 aliphatic rings. The molecule has 0 unspecified atom stereocenters. The number of hydrogen-bond acceptors (Lipinski definition) is 4. The first-order valence-corrected chi connectivity index (χ1v) is 9.55. The van der Waals surface area contributed by atoms with Crippen molar-refractivity contribution >= 4 is 10.9 Å². The summed E-state index contributed by atoms with van der Waals surface area (Å²) >= 11 is 0. The van der Waals surface area contributed by atoms with Gasteiger partial charge in [-0.05, 0) is 43.7 Å². The minimum atomic E-state index is -4.55. The summed E-state index contributed by atoms with van der Waals surface area (Å²) in [6.45, 7) is 0. The lowest BCUT2D eigenvalue weighted by atomic mass is 9.85. The largest absolute Gasteiger partial charge is 0.433 e. The molecule has 6 nitrogen and oxygen atoms in total. The van der Waals surface area contributed by atoms with Crippen LogP contribution in [0.1, 0.15) is 48.7 Å². The number of fused-ring (bicyclic) bond motifs is 1. The number of nitrogens with zero attached hydrogens (tertiary/aromatic N) is 4. The van der Waals surface area contributed by atoms with Crippen LogP contribution in [0.5, 0.6) is 0 Å². The van der Waals surface area contributed by atoms with Crippen molar-refractivity contribution in [2.75, 3.05) is 0 Å². The van der Waals surface area contributed by atoms with Crippen LogP contribution in [0.3, 0.4) is 0 Å². The summed E-state index contributed by atoms with van der Waals surface area (Å²) in [5, 5.41) is 16.6. The third-order valence-electron chi connectivity index (χ3n) is 5.89. The summed E-state index contributed by atoms with van der Waals surface area (Å²) in [7, 11) is 1.64. The Hall–Kier alpha value is -2.68. The molecule has 0 aromatic carbocycles. The van der Waals surface area contributed by atoms with Crippen molar-refractivity contribution in [1.82, 2.24) is 19.3 Å². The van der Waals surface area contributed by atoms with E-state index < -0.39 is 17.5 Å². The third kappa shape index (κ3) is 2.78. The molecule has 5 rings (SSSR count). The van der Waals surface area contributed by atoms with E-state index in [1.165, 1.54) is 10.7 Å². The molecule has 2 aliphatic carbocycles. The van der Waals surface area contributed by atoms with E-state index in [2.05, 4.69) is 10.1 Å². The average molecular weight is 404 g/mol. The number of aryl methyl sites for hydroxylation is 1. The van der Waals surface area contributed by atoms with Crippen molar-refractivity contribution < 1.29 is 18.3 Å². The summed E-state index contributed by atoms with van der Waals surface area (Å²) in [5.41, 5.74) is -1.85. The lowest BCUT2D eigenvalue weighted by Gasteiger charge is -2.29. The molecule has 3 aromatic heterocycles. The Morgan fingerprint density at radius 2 is 1.86 bits per heavy atom. The molecule has 0 bridgehead atoms. The van der Waals surface area contributed by atoms with Gasteiger partial charge in [0.2, 0.25) is 0 Å². The first kappa shape index (κ1) is 18.4. The zero-order valence-corrected chi connectivity index (χ0v) is 15.6. The van der Waals surface area contributed by atoms with E-state index in [9.17, 15) is 23.1 Å². The van der Waals surface area contributed by atoms with Crippen LogP contribution in [0, 0.1) is 5.92 Å². The highest BCUT2D eigenvalue weighted by Gasteiger charge is 2.50. The molecule has 2 fully saturated rings. The monoisotopic (exact) mass is 404 g/mol. The fourth-order valence-corrected chi connectivity index (χ4v) is 4.15. The van der Waals surface area contributed by atoms with E-state index in [4.69, 9.17) is 0 Å². The number of halogens is 3. The Kier molecular flexibility index (Phi) is 3.74. The third-order valence-corrected chi connectivity index (χ3v) is 5.89. The first-order valence-electron chi connectivity index (χ1n) is 9.55. The molecular formula is C20H19F3N4O2. The topological polar surface area (TPSA) is 72.9 Å². The van der Waals surface area contributed by atoms with E-state index in [1.54, 1.807) is 23.9 Å². The van der Waals surface area contributed by atoms with Crippen molar-refractivity contribution in [2.24, 2.45) is 13.0 Å². The summed E-state index contributed by atoms with van der Waals surface area (Å²) in [5.74, 6) is -0.175. The van der Waals surface area contributed by atoms with E-state index in [1.807, 2.05) is 0 Å². The summed E-state index contributed by atoms with van der Waals surface area (Å²) in [4.78, 5) is 16.4. The van der Waals surface area contributed by atoms with Gasteiger partial charge in [-0.2, -0.15) is 18.3 Å². The Balaban J connectivity index is 1.69. The summed E-state index contributed by atoms with van der Waals surface area (Å²) in [6, 6.07) is 4.10. The van der Waals surface area contributed by atoms with Crippen LogP contribution in [0.4, 0.5) is 13.2 Å². The lowest BCUT2D eigenvalue weighted by Crippen LogP contribution is -2.33. The van der Waals surface area contributed by atoms with Gasteiger partial charge in [0.1, 0.15) is 11.3 Å². The molecule has 2 saturated carbocycles. The molecule has 152 valence electrons. The number of hydrogen-bond donors (Lipinski definition) is 1. The summed E-state index contributed by atoms with van der Waals surface area (Å²) < 4.78 is 41.9. The van der Waals surface area contributed by atoms with Crippen LogP contribution < -0.4 is 5.56 Å². The van der Waals surface area contributed by atoms with Gasteiger partial charge in [0, 0.05) is 36.4 Å². The van der Waals surface area contributed by atoms with E-state index in [0.29, 0.717) is 11.1 Å². The highest BCUT2D eigenvalue weighted by molar-refractivity contribution is 5.82. The molecule has 29 heavy (non-hydrogen) atoms. The first-order chi connectivity index (χ1) is 13.7. The number of alkyl halides is 3. The molecule has 0 amide bonds. The minimum Gasteiger partial charge on any atom is -0.378 e. The van der Waals surface area contributed by atoms with Crippen LogP contribution in [0.25, 0.3) is 10.9 Å². The summed E-state index contributed by atoms with van der Waals surface area (Å²) in [6.07, 6.45) is 1.59. The molecule has 0 saturated heterocycles. The molecule has 9 heteroatoms. The van der Waals surface area contributed by atoms with Crippen molar-refractivity contribution in [2.45, 2.75) is 43.5 Å². The molecule has 1 N–H and O–H groups in total. The van der Waals surface area contributed by atoms with Gasteiger partial charge in [-0.1, -0.05) is 6.07 Å². The fourth-order valence-electron chi connectivity index (χ4n) is 4.15. The van der Waals surface area contributed by atoms with E-state index in [-0.39, 0.29) is 28.6 Å². The SMILES string of the molecule is Cn1nc2c(=O)n(C3CC3)ccc2c1[C@@](O)(c1ccc(C(F)(F)F)nc1)C1CC1. The van der Waals surface area contributed by atoms with Crippen LogP contribution >= 0.6 is 0 Å². The van der Waals surface area contributed by atoms with Gasteiger partial charge in [0.25, 0.3) is 5.56 Å². The van der Waals surface area contributed by atoms with Crippen LogP contribution in [0.2, 0.25) is 0 Å². The maximum atomic E-state index is 12.9. The smallest absolute Gasteiger partial charge is 0.378 e. The fraction of sp³-hybridized carbons (Fsp3) is 0.450. The van der Waals surface area contributed by atoms with Gasteiger partial charge in [-0.25, -0.2) is 0 Å².